The summed E-state index contributed by atoms with van der Waals surface area (Å²) in [5.41, 5.74) is 1.02. The van der Waals surface area contributed by atoms with Gasteiger partial charge in [-0.15, -0.1) is 0 Å². The lowest BCUT2D eigenvalue weighted by Crippen LogP contribution is -2.17. The minimum absolute atomic E-state index is 0.258. The van der Waals surface area contributed by atoms with E-state index in [4.69, 9.17) is 0 Å². The summed E-state index contributed by atoms with van der Waals surface area (Å²) >= 11 is 9.00. The number of hydrogen-bond donors (Lipinski definition) is 0. The third-order valence-corrected chi connectivity index (χ3v) is 6.97. The van der Waals surface area contributed by atoms with E-state index in [1.54, 1.807) is 24.3 Å². The van der Waals surface area contributed by atoms with Gasteiger partial charge in [-0.25, -0.2) is 8.42 Å². The van der Waals surface area contributed by atoms with Crippen LogP contribution in [0, 0.1) is 6.92 Å². The first-order valence-corrected chi connectivity index (χ1v) is 7.49. The zero-order valence-electron chi connectivity index (χ0n) is 7.17. The molecule has 0 aliphatic rings. The van der Waals surface area contributed by atoms with E-state index in [-0.39, 0.29) is 4.90 Å². The summed E-state index contributed by atoms with van der Waals surface area (Å²) in [6.07, 6.45) is 0. The van der Waals surface area contributed by atoms with Gasteiger partial charge in [0.25, 0.3) is 0 Å². The Balaban J connectivity index is 3.25. The maximum atomic E-state index is 11.8. The molecular formula is C8H7Br3O2S. The van der Waals surface area contributed by atoms with Crippen LogP contribution in [0.3, 0.4) is 0 Å². The summed E-state index contributed by atoms with van der Waals surface area (Å²) in [7, 11) is -3.44. The molecule has 0 radical (unpaired) electrons. The molecule has 1 rings (SSSR count). The maximum absolute atomic E-state index is 11.8. The number of halogens is 3. The van der Waals surface area contributed by atoms with Crippen LogP contribution in [0.25, 0.3) is 0 Å². The molecule has 14 heavy (non-hydrogen) atoms. The standard InChI is InChI=1S/C8H7Br3O2S/c1-6-2-4-7(5-3-6)14(12,13)8(9,10)11/h2-5H,1H3. The molecule has 78 valence electrons. The first-order chi connectivity index (χ1) is 6.25. The molecule has 0 fully saturated rings. The van der Waals surface area contributed by atoms with Gasteiger partial charge in [-0.05, 0) is 66.8 Å². The third-order valence-electron chi connectivity index (χ3n) is 1.64. The molecule has 0 aliphatic carbocycles. The highest BCUT2D eigenvalue weighted by Gasteiger charge is 2.37. The smallest absolute Gasteiger partial charge is 0.220 e. The second-order valence-electron chi connectivity index (χ2n) is 2.76. The summed E-state index contributed by atoms with van der Waals surface area (Å²) in [6.45, 7) is 1.90. The van der Waals surface area contributed by atoms with Crippen LogP contribution in [0.15, 0.2) is 29.2 Å². The summed E-state index contributed by atoms with van der Waals surface area (Å²) < 4.78 is 22.4. The van der Waals surface area contributed by atoms with Crippen LogP contribution in [-0.2, 0) is 9.84 Å². The topological polar surface area (TPSA) is 34.1 Å². The average Bonchev–Trinajstić information content (AvgIpc) is 2.03. The molecule has 0 saturated carbocycles. The van der Waals surface area contributed by atoms with E-state index < -0.39 is 11.3 Å². The molecule has 0 aliphatic heterocycles. The first kappa shape index (κ1) is 12.7. The van der Waals surface area contributed by atoms with Gasteiger partial charge < -0.3 is 0 Å². The summed E-state index contributed by atoms with van der Waals surface area (Å²) in [4.78, 5) is 0.258. The molecule has 0 aromatic heterocycles. The highest BCUT2D eigenvalue weighted by atomic mass is 80.0. The molecule has 0 heterocycles. The summed E-state index contributed by atoms with van der Waals surface area (Å²) in [5.74, 6) is 0. The number of alkyl halides is 3. The molecule has 0 saturated heterocycles. The fourth-order valence-electron chi connectivity index (χ4n) is 0.851. The molecular weight excluding hydrogens is 400 g/mol. The number of benzene rings is 1. The van der Waals surface area contributed by atoms with Gasteiger partial charge in [0.15, 0.2) is 0 Å². The normalized spacial score (nSPS) is 12.9. The van der Waals surface area contributed by atoms with Crippen molar-refractivity contribution in [3.05, 3.63) is 29.8 Å². The molecule has 0 bridgehead atoms. The monoisotopic (exact) mass is 404 g/mol. The molecule has 2 nitrogen and oxygen atoms in total. The van der Waals surface area contributed by atoms with E-state index >= 15 is 0 Å². The summed E-state index contributed by atoms with van der Waals surface area (Å²) in [6, 6.07) is 6.66. The molecule has 1 aromatic rings. The Morgan fingerprint density at radius 3 is 1.86 bits per heavy atom. The van der Waals surface area contributed by atoms with E-state index in [0.29, 0.717) is 0 Å². The lowest BCUT2D eigenvalue weighted by Gasteiger charge is -2.13. The second kappa shape index (κ2) is 4.23. The zero-order valence-corrected chi connectivity index (χ0v) is 12.7. The molecule has 6 heteroatoms. The predicted molar refractivity (Wildman–Crippen MR) is 67.9 cm³/mol. The van der Waals surface area contributed by atoms with E-state index in [1.165, 1.54) is 0 Å². The Bertz CT molecular complexity index is 417. The number of hydrogen-bond acceptors (Lipinski definition) is 2. The van der Waals surface area contributed by atoms with Crippen molar-refractivity contribution in [2.75, 3.05) is 0 Å². The number of rotatable bonds is 1. The summed E-state index contributed by atoms with van der Waals surface area (Å²) in [5, 5.41) is 0. The van der Waals surface area contributed by atoms with Crippen molar-refractivity contribution in [3.63, 3.8) is 0 Å². The van der Waals surface area contributed by atoms with E-state index in [2.05, 4.69) is 47.8 Å². The van der Waals surface area contributed by atoms with Crippen LogP contribution in [0.4, 0.5) is 0 Å². The Kier molecular flexibility index (Phi) is 3.83. The fourth-order valence-corrected chi connectivity index (χ4v) is 3.29. The Morgan fingerprint density at radius 1 is 1.07 bits per heavy atom. The van der Waals surface area contributed by atoms with Crippen molar-refractivity contribution in [2.24, 2.45) is 0 Å². The van der Waals surface area contributed by atoms with Gasteiger partial charge in [0.2, 0.25) is 11.3 Å². The Labute approximate surface area is 108 Å². The van der Waals surface area contributed by atoms with Crippen molar-refractivity contribution in [2.45, 2.75) is 13.3 Å². The van der Waals surface area contributed by atoms with E-state index in [9.17, 15) is 8.42 Å². The number of aryl methyl sites for hydroxylation is 1. The van der Waals surface area contributed by atoms with E-state index in [0.717, 1.165) is 5.56 Å². The van der Waals surface area contributed by atoms with Crippen LogP contribution in [0.5, 0.6) is 0 Å². The minimum Gasteiger partial charge on any atom is -0.220 e. The molecule has 0 unspecified atom stereocenters. The Hall–Kier alpha value is 0.610. The van der Waals surface area contributed by atoms with Crippen LogP contribution >= 0.6 is 47.8 Å². The Morgan fingerprint density at radius 2 is 1.50 bits per heavy atom. The molecule has 0 atom stereocenters. The van der Waals surface area contributed by atoms with Crippen molar-refractivity contribution < 1.29 is 8.42 Å². The zero-order chi connectivity index (χ0) is 11.0. The van der Waals surface area contributed by atoms with Crippen molar-refractivity contribution >= 4 is 57.6 Å². The predicted octanol–water partition coefficient (Wildman–Crippen LogP) is 3.56. The minimum atomic E-state index is -3.44. The van der Waals surface area contributed by atoms with Gasteiger partial charge in [-0.2, -0.15) is 0 Å². The fraction of sp³-hybridized carbons (Fsp3) is 0.250. The average molecular weight is 407 g/mol. The van der Waals surface area contributed by atoms with E-state index in [1.807, 2.05) is 6.92 Å². The molecule has 0 amide bonds. The molecule has 0 spiro atoms. The van der Waals surface area contributed by atoms with Crippen molar-refractivity contribution in [3.8, 4) is 0 Å². The van der Waals surface area contributed by atoms with Crippen molar-refractivity contribution in [1.82, 2.24) is 0 Å². The first-order valence-electron chi connectivity index (χ1n) is 3.63. The highest BCUT2D eigenvalue weighted by molar-refractivity contribution is 9.42. The SMILES string of the molecule is Cc1ccc(S(=O)(=O)C(Br)(Br)Br)cc1. The lowest BCUT2D eigenvalue weighted by atomic mass is 10.2. The van der Waals surface area contributed by atoms with Gasteiger partial charge in [0, 0.05) is 0 Å². The molecule has 1 aromatic carbocycles. The van der Waals surface area contributed by atoms with Crippen LogP contribution in [-0.4, -0.2) is 9.89 Å². The van der Waals surface area contributed by atoms with Gasteiger partial charge in [-0.3, -0.25) is 0 Å². The van der Waals surface area contributed by atoms with Gasteiger partial charge in [0.1, 0.15) is 0 Å². The maximum Gasteiger partial charge on any atom is 0.239 e. The van der Waals surface area contributed by atoms with Gasteiger partial charge in [0.05, 0.1) is 4.90 Å². The van der Waals surface area contributed by atoms with Crippen molar-refractivity contribution in [1.29, 1.82) is 0 Å². The van der Waals surface area contributed by atoms with Gasteiger partial charge in [-0.1, -0.05) is 17.7 Å². The quantitative estimate of drug-likeness (QED) is 0.668. The van der Waals surface area contributed by atoms with Crippen LogP contribution < -0.4 is 0 Å². The molecule has 0 N–H and O–H groups in total. The number of sulfone groups is 1. The van der Waals surface area contributed by atoms with Crippen LogP contribution in [0.2, 0.25) is 0 Å². The second-order valence-corrected chi connectivity index (χ2v) is 13.2. The third kappa shape index (κ3) is 2.59. The lowest BCUT2D eigenvalue weighted by molar-refractivity contribution is 0.599. The van der Waals surface area contributed by atoms with Crippen LogP contribution in [0.1, 0.15) is 5.56 Å². The highest BCUT2D eigenvalue weighted by Crippen LogP contribution is 2.42. The van der Waals surface area contributed by atoms with Gasteiger partial charge >= 0.3 is 0 Å². The largest absolute Gasteiger partial charge is 0.239 e.